The van der Waals surface area contributed by atoms with E-state index in [9.17, 15) is 23.1 Å². The lowest BCUT2D eigenvalue weighted by atomic mass is 9.96. The van der Waals surface area contributed by atoms with E-state index in [1.807, 2.05) is 24.3 Å². The molecule has 0 unspecified atom stereocenters. The molecular weight excluding hydrogens is 480 g/mol. The van der Waals surface area contributed by atoms with Crippen molar-refractivity contribution in [3.05, 3.63) is 77.9 Å². The minimum atomic E-state index is -4.06. The van der Waals surface area contributed by atoms with E-state index in [0.29, 0.717) is 24.0 Å². The minimum absolute atomic E-state index is 0.0427. The number of sulfonamides is 1. The van der Waals surface area contributed by atoms with Gasteiger partial charge in [0.05, 0.1) is 10.8 Å². The molecule has 4 rings (SSSR count). The van der Waals surface area contributed by atoms with E-state index in [1.165, 1.54) is 11.0 Å². The summed E-state index contributed by atoms with van der Waals surface area (Å²) in [6.45, 7) is 0.467. The molecule has 188 valence electrons. The predicted octanol–water partition coefficient (Wildman–Crippen LogP) is 2.34. The Kier molecular flexibility index (Phi) is 7.37. The van der Waals surface area contributed by atoms with E-state index >= 15 is 0 Å². The normalized spacial score (nSPS) is 15.5. The van der Waals surface area contributed by atoms with E-state index in [4.69, 9.17) is 11.1 Å². The fraction of sp³-hybridized carbons (Fsp3) is 0.269. The number of fused-ring (bicyclic) bond motifs is 1. The highest BCUT2D eigenvalue weighted by molar-refractivity contribution is 7.89. The van der Waals surface area contributed by atoms with E-state index in [2.05, 4.69) is 4.72 Å². The monoisotopic (exact) mass is 508 g/mol. The minimum Gasteiger partial charge on any atom is -0.481 e. The van der Waals surface area contributed by atoms with Gasteiger partial charge in [0.2, 0.25) is 15.9 Å². The van der Waals surface area contributed by atoms with Crippen LogP contribution in [0.25, 0.3) is 10.8 Å². The molecule has 10 heteroatoms. The van der Waals surface area contributed by atoms with E-state index in [0.717, 1.165) is 10.8 Å². The number of amides is 1. The van der Waals surface area contributed by atoms with Gasteiger partial charge in [-0.05, 0) is 53.8 Å². The number of benzene rings is 3. The lowest BCUT2D eigenvalue weighted by Gasteiger charge is -2.33. The van der Waals surface area contributed by atoms with Gasteiger partial charge in [0.15, 0.2) is 0 Å². The summed E-state index contributed by atoms with van der Waals surface area (Å²) in [6.07, 6.45) is 0.668. The van der Waals surface area contributed by atoms with Crippen LogP contribution in [0, 0.1) is 11.3 Å². The highest BCUT2D eigenvalue weighted by atomic mass is 32.2. The van der Waals surface area contributed by atoms with Gasteiger partial charge in [0, 0.05) is 18.7 Å². The number of carboxylic acids is 1. The van der Waals surface area contributed by atoms with Crippen LogP contribution in [0.5, 0.6) is 0 Å². The molecule has 9 nitrogen and oxygen atoms in total. The number of carbonyl (C=O) groups is 2. The smallest absolute Gasteiger partial charge is 0.306 e. The molecule has 1 amide bonds. The van der Waals surface area contributed by atoms with Gasteiger partial charge in [-0.1, -0.05) is 48.5 Å². The van der Waals surface area contributed by atoms with Crippen molar-refractivity contribution >= 4 is 38.5 Å². The molecule has 1 aliphatic rings. The number of piperidine rings is 1. The number of nitrogen functional groups attached to an aromatic ring is 1. The molecule has 36 heavy (non-hydrogen) atoms. The molecule has 1 aliphatic heterocycles. The van der Waals surface area contributed by atoms with E-state index < -0.39 is 33.9 Å². The lowest BCUT2D eigenvalue weighted by Crippen LogP contribution is -2.52. The number of nitrogens with two attached hydrogens (primary N) is 1. The van der Waals surface area contributed by atoms with Gasteiger partial charge in [-0.3, -0.25) is 15.0 Å². The summed E-state index contributed by atoms with van der Waals surface area (Å²) in [5.74, 6) is -1.96. The quantitative estimate of drug-likeness (QED) is 0.271. The number of rotatable bonds is 8. The largest absolute Gasteiger partial charge is 0.481 e. The van der Waals surface area contributed by atoms with E-state index in [1.54, 1.807) is 36.4 Å². The van der Waals surface area contributed by atoms with Crippen molar-refractivity contribution < 1.29 is 23.1 Å². The molecule has 1 atom stereocenters. The van der Waals surface area contributed by atoms with Gasteiger partial charge in [-0.15, -0.1) is 0 Å². The highest BCUT2D eigenvalue weighted by Gasteiger charge is 2.33. The Morgan fingerprint density at radius 1 is 1.03 bits per heavy atom. The van der Waals surface area contributed by atoms with Crippen molar-refractivity contribution in [2.45, 2.75) is 30.2 Å². The Bertz CT molecular complexity index is 1410. The van der Waals surface area contributed by atoms with Gasteiger partial charge in [-0.2, -0.15) is 4.72 Å². The second-order valence-corrected chi connectivity index (χ2v) is 10.7. The average Bonchev–Trinajstić information content (AvgIpc) is 2.87. The molecular formula is C26H28N4O5S. The van der Waals surface area contributed by atoms with Crippen molar-refractivity contribution in [3.8, 4) is 0 Å². The third-order valence-electron chi connectivity index (χ3n) is 6.46. The number of nitrogens with one attached hydrogen (secondary N) is 2. The molecule has 3 aromatic rings. The number of carboxylic acid groups (broad SMARTS) is 1. The summed E-state index contributed by atoms with van der Waals surface area (Å²) in [4.78, 5) is 26.4. The third-order valence-corrected chi connectivity index (χ3v) is 7.93. The zero-order valence-corrected chi connectivity index (χ0v) is 20.4. The number of carbonyl (C=O) groups excluding carboxylic acids is 1. The highest BCUT2D eigenvalue weighted by Crippen LogP contribution is 2.22. The molecule has 1 heterocycles. The van der Waals surface area contributed by atoms with Crippen LogP contribution in [0.4, 0.5) is 0 Å². The Morgan fingerprint density at radius 2 is 1.72 bits per heavy atom. The van der Waals surface area contributed by atoms with Crippen molar-refractivity contribution in [2.24, 2.45) is 11.7 Å². The maximum Gasteiger partial charge on any atom is 0.306 e. The summed E-state index contributed by atoms with van der Waals surface area (Å²) in [5, 5.41) is 18.6. The number of likely N-dealkylation sites (tertiary alicyclic amines) is 1. The van der Waals surface area contributed by atoms with Gasteiger partial charge in [-0.25, -0.2) is 8.42 Å². The molecule has 0 radical (unpaired) electrons. The van der Waals surface area contributed by atoms with E-state index in [-0.39, 0.29) is 30.2 Å². The molecule has 0 aromatic heterocycles. The van der Waals surface area contributed by atoms with Crippen LogP contribution in [-0.2, 0) is 26.0 Å². The zero-order valence-electron chi connectivity index (χ0n) is 19.6. The predicted molar refractivity (Wildman–Crippen MR) is 136 cm³/mol. The third kappa shape index (κ3) is 5.72. The Balaban J connectivity index is 1.62. The zero-order chi connectivity index (χ0) is 25.9. The van der Waals surface area contributed by atoms with Gasteiger partial charge in [0.25, 0.3) is 0 Å². The van der Waals surface area contributed by atoms with Crippen LogP contribution >= 0.6 is 0 Å². The van der Waals surface area contributed by atoms with Crippen LogP contribution in [0.3, 0.4) is 0 Å². The molecule has 0 saturated carbocycles. The first kappa shape index (κ1) is 25.3. The summed E-state index contributed by atoms with van der Waals surface area (Å²) in [7, 11) is -4.06. The molecule has 1 saturated heterocycles. The first-order valence-corrected chi connectivity index (χ1v) is 13.1. The van der Waals surface area contributed by atoms with Crippen LogP contribution in [0.2, 0.25) is 0 Å². The number of amidine groups is 1. The average molecular weight is 509 g/mol. The second-order valence-electron chi connectivity index (χ2n) is 8.94. The molecule has 0 bridgehead atoms. The van der Waals surface area contributed by atoms with Crippen LogP contribution in [0.15, 0.2) is 71.6 Å². The van der Waals surface area contributed by atoms with Crippen LogP contribution < -0.4 is 10.5 Å². The molecule has 5 N–H and O–H groups in total. The van der Waals surface area contributed by atoms with Gasteiger partial charge in [0.1, 0.15) is 11.9 Å². The van der Waals surface area contributed by atoms with Crippen LogP contribution in [0.1, 0.15) is 24.0 Å². The standard InChI is InChI=1S/C26H28N4O5S/c27-24(28)21-7-3-4-17(14-21)15-23(25(31)30-12-10-19(11-13-30)26(32)33)29-36(34,35)22-9-8-18-5-1-2-6-20(18)16-22/h1-9,14,16,19,23,29H,10-13,15H2,(H3,27,28)(H,32,33)/t23-/m1/s1. The summed E-state index contributed by atoms with van der Waals surface area (Å²) < 4.78 is 29.3. The van der Waals surface area contributed by atoms with Crippen molar-refractivity contribution in [1.29, 1.82) is 5.41 Å². The van der Waals surface area contributed by atoms with Crippen molar-refractivity contribution in [1.82, 2.24) is 9.62 Å². The first-order chi connectivity index (χ1) is 17.1. The SMILES string of the molecule is N=C(N)c1cccc(C[C@@H](NS(=O)(=O)c2ccc3ccccc3c2)C(=O)N2CCC(C(=O)O)CC2)c1. The van der Waals surface area contributed by atoms with Crippen molar-refractivity contribution in [2.75, 3.05) is 13.1 Å². The lowest BCUT2D eigenvalue weighted by molar-refractivity contribution is -0.146. The second kappa shape index (κ2) is 10.5. The fourth-order valence-corrected chi connectivity index (χ4v) is 5.66. The number of hydrogen-bond donors (Lipinski definition) is 4. The topological polar surface area (TPSA) is 154 Å². The van der Waals surface area contributed by atoms with Gasteiger partial charge >= 0.3 is 5.97 Å². The summed E-state index contributed by atoms with van der Waals surface area (Å²) >= 11 is 0. The summed E-state index contributed by atoms with van der Waals surface area (Å²) in [6, 6.07) is 17.8. The number of hydrogen-bond acceptors (Lipinski definition) is 5. The molecule has 3 aromatic carbocycles. The Hall–Kier alpha value is -3.76. The molecule has 0 spiro atoms. The first-order valence-electron chi connectivity index (χ1n) is 11.6. The number of nitrogens with zero attached hydrogens (tertiary/aromatic N) is 1. The maximum atomic E-state index is 13.5. The fourth-order valence-electron chi connectivity index (χ4n) is 4.44. The molecule has 0 aliphatic carbocycles. The van der Waals surface area contributed by atoms with Crippen LogP contribution in [-0.4, -0.2) is 55.3 Å². The molecule has 1 fully saturated rings. The Labute approximate surface area is 209 Å². The number of aliphatic carboxylic acids is 1. The van der Waals surface area contributed by atoms with Crippen molar-refractivity contribution in [3.63, 3.8) is 0 Å². The summed E-state index contributed by atoms with van der Waals surface area (Å²) in [5.41, 5.74) is 6.71. The maximum absolute atomic E-state index is 13.5. The Morgan fingerprint density at radius 3 is 2.39 bits per heavy atom. The van der Waals surface area contributed by atoms with Gasteiger partial charge < -0.3 is 15.7 Å².